The van der Waals surface area contributed by atoms with Gasteiger partial charge in [0, 0.05) is 0 Å². The van der Waals surface area contributed by atoms with Crippen molar-refractivity contribution in [3.8, 4) is 0 Å². The second-order valence-electron chi connectivity index (χ2n) is 1.04. The van der Waals surface area contributed by atoms with Gasteiger partial charge in [0.15, 0.2) is 10.6 Å². The second kappa shape index (κ2) is 2.50. The minimum atomic E-state index is -1.60. The summed E-state index contributed by atoms with van der Waals surface area (Å²) in [7, 11) is 0. The number of hydrogen-bond acceptors (Lipinski definition) is 2. The van der Waals surface area contributed by atoms with Crippen LogP contribution >= 0.6 is 23.2 Å². The van der Waals surface area contributed by atoms with Crippen LogP contribution in [-0.4, -0.2) is 22.3 Å². The Bertz CT molecular complexity index is 71.3. The molecule has 1 N–H and O–H groups in total. The number of aliphatic hydroxyl groups excluding tert-OH is 1. The van der Waals surface area contributed by atoms with Gasteiger partial charge >= 0.3 is 0 Å². The molecule has 0 rings (SSSR count). The average molecular weight is 143 g/mol. The summed E-state index contributed by atoms with van der Waals surface area (Å²) in [5, 5.41) is 8.10. The maximum Gasteiger partial charge on any atom is 0.195 e. The van der Waals surface area contributed by atoms with Crippen LogP contribution < -0.4 is 0 Å². The third-order valence-electron chi connectivity index (χ3n) is 0.383. The SMILES string of the molecule is O=CC(Cl)(Cl)CO. The van der Waals surface area contributed by atoms with E-state index in [-0.39, 0.29) is 6.29 Å². The first-order valence-electron chi connectivity index (χ1n) is 1.57. The molecule has 0 aliphatic rings. The molecule has 0 aromatic heterocycles. The highest BCUT2D eigenvalue weighted by Crippen LogP contribution is 2.14. The fourth-order valence-electron chi connectivity index (χ4n) is 0.0373. The molecular weight excluding hydrogens is 139 g/mol. The molecule has 0 heterocycles. The van der Waals surface area contributed by atoms with E-state index in [9.17, 15) is 4.79 Å². The van der Waals surface area contributed by atoms with E-state index in [1.807, 2.05) is 0 Å². The summed E-state index contributed by atoms with van der Waals surface area (Å²) in [6, 6.07) is 0. The molecule has 0 aliphatic carbocycles. The van der Waals surface area contributed by atoms with Gasteiger partial charge in [0.05, 0.1) is 6.61 Å². The quantitative estimate of drug-likeness (QED) is 0.447. The molecule has 0 bridgehead atoms. The molecule has 0 amide bonds. The van der Waals surface area contributed by atoms with Crippen LogP contribution in [0.2, 0.25) is 0 Å². The monoisotopic (exact) mass is 142 g/mol. The van der Waals surface area contributed by atoms with Gasteiger partial charge in [-0.25, -0.2) is 0 Å². The van der Waals surface area contributed by atoms with Crippen molar-refractivity contribution in [1.29, 1.82) is 0 Å². The fourth-order valence-corrected chi connectivity index (χ4v) is 0.0373. The van der Waals surface area contributed by atoms with E-state index >= 15 is 0 Å². The Morgan fingerprint density at radius 1 is 1.71 bits per heavy atom. The van der Waals surface area contributed by atoms with Crippen LogP contribution in [0.15, 0.2) is 0 Å². The van der Waals surface area contributed by atoms with Crippen LogP contribution in [0, 0.1) is 0 Å². The van der Waals surface area contributed by atoms with Crippen molar-refractivity contribution in [3.05, 3.63) is 0 Å². The molecular formula is C3H4Cl2O2. The van der Waals surface area contributed by atoms with Gasteiger partial charge in [0.25, 0.3) is 0 Å². The molecule has 0 unspecified atom stereocenters. The Balaban J connectivity index is 3.58. The van der Waals surface area contributed by atoms with E-state index in [2.05, 4.69) is 0 Å². The highest BCUT2D eigenvalue weighted by atomic mass is 35.5. The fraction of sp³-hybridized carbons (Fsp3) is 0.667. The minimum absolute atomic E-state index is 0.274. The van der Waals surface area contributed by atoms with E-state index < -0.39 is 10.9 Å². The lowest BCUT2D eigenvalue weighted by atomic mass is 10.5. The van der Waals surface area contributed by atoms with E-state index in [1.54, 1.807) is 0 Å². The summed E-state index contributed by atoms with van der Waals surface area (Å²) in [4.78, 5) is 9.63. The van der Waals surface area contributed by atoms with Crippen molar-refractivity contribution in [3.63, 3.8) is 0 Å². The van der Waals surface area contributed by atoms with Crippen molar-refractivity contribution in [1.82, 2.24) is 0 Å². The number of carbonyl (C=O) groups excluding carboxylic acids is 1. The molecule has 0 aromatic rings. The number of hydrogen-bond donors (Lipinski definition) is 1. The second-order valence-corrected chi connectivity index (χ2v) is 2.58. The van der Waals surface area contributed by atoms with Gasteiger partial charge in [-0.3, -0.25) is 4.79 Å². The van der Waals surface area contributed by atoms with Crippen LogP contribution in [0.4, 0.5) is 0 Å². The van der Waals surface area contributed by atoms with Crippen LogP contribution in [0.5, 0.6) is 0 Å². The molecule has 0 fully saturated rings. The molecule has 42 valence electrons. The Morgan fingerprint density at radius 2 is 2.14 bits per heavy atom. The van der Waals surface area contributed by atoms with Gasteiger partial charge in [0.2, 0.25) is 0 Å². The smallest absolute Gasteiger partial charge is 0.195 e. The molecule has 2 nitrogen and oxygen atoms in total. The van der Waals surface area contributed by atoms with E-state index in [0.29, 0.717) is 0 Å². The summed E-state index contributed by atoms with van der Waals surface area (Å²) in [5.74, 6) is 0. The Labute approximate surface area is 51.0 Å². The molecule has 7 heavy (non-hydrogen) atoms. The molecule has 0 aromatic carbocycles. The van der Waals surface area contributed by atoms with Crippen molar-refractivity contribution < 1.29 is 9.90 Å². The molecule has 0 atom stereocenters. The molecule has 0 spiro atoms. The number of aldehydes is 1. The maximum atomic E-state index is 9.63. The van der Waals surface area contributed by atoms with Gasteiger partial charge in [-0.15, -0.1) is 0 Å². The standard InChI is InChI=1S/C3H4Cl2O2/c4-3(5,1-6)2-7/h1,7H,2H2. The lowest BCUT2D eigenvalue weighted by Gasteiger charge is -2.03. The molecule has 0 saturated carbocycles. The highest BCUT2D eigenvalue weighted by Gasteiger charge is 2.20. The van der Waals surface area contributed by atoms with Crippen LogP contribution in [0.3, 0.4) is 0 Å². The van der Waals surface area contributed by atoms with Gasteiger partial charge in [-0.05, 0) is 0 Å². The third-order valence-corrected chi connectivity index (χ3v) is 0.800. The van der Waals surface area contributed by atoms with Crippen molar-refractivity contribution in [2.45, 2.75) is 4.33 Å². The zero-order valence-electron chi connectivity index (χ0n) is 3.40. The van der Waals surface area contributed by atoms with Crippen LogP contribution in [-0.2, 0) is 4.79 Å². The maximum absolute atomic E-state index is 9.63. The van der Waals surface area contributed by atoms with E-state index in [0.717, 1.165) is 0 Å². The molecule has 0 saturated heterocycles. The Morgan fingerprint density at radius 3 is 2.14 bits per heavy atom. The summed E-state index contributed by atoms with van der Waals surface area (Å²) in [5.41, 5.74) is 0. The predicted octanol–water partition coefficient (Wildman–Crippen LogP) is 0.351. The first-order valence-corrected chi connectivity index (χ1v) is 2.33. The average Bonchev–Trinajstić information content (AvgIpc) is 1.68. The highest BCUT2D eigenvalue weighted by molar-refractivity contribution is 6.55. The number of aliphatic hydroxyl groups is 1. The van der Waals surface area contributed by atoms with Gasteiger partial charge < -0.3 is 5.11 Å². The predicted molar refractivity (Wildman–Crippen MR) is 27.6 cm³/mol. The number of carbonyl (C=O) groups is 1. The van der Waals surface area contributed by atoms with Gasteiger partial charge in [-0.2, -0.15) is 0 Å². The van der Waals surface area contributed by atoms with Crippen molar-refractivity contribution in [2.24, 2.45) is 0 Å². The zero-order chi connectivity index (χ0) is 5.91. The number of halogens is 2. The number of alkyl halides is 2. The van der Waals surface area contributed by atoms with E-state index in [1.165, 1.54) is 0 Å². The minimum Gasteiger partial charge on any atom is -0.393 e. The summed E-state index contributed by atoms with van der Waals surface area (Å²) >= 11 is 10.1. The van der Waals surface area contributed by atoms with Crippen molar-refractivity contribution >= 4 is 29.5 Å². The Kier molecular flexibility index (Phi) is 2.58. The largest absolute Gasteiger partial charge is 0.393 e. The van der Waals surface area contributed by atoms with Gasteiger partial charge in [-0.1, -0.05) is 23.2 Å². The number of rotatable bonds is 2. The first kappa shape index (κ1) is 7.21. The summed E-state index contributed by atoms with van der Waals surface area (Å²) in [6.45, 7) is -0.542. The summed E-state index contributed by atoms with van der Waals surface area (Å²) in [6.07, 6.45) is 0.274. The molecule has 0 aliphatic heterocycles. The first-order chi connectivity index (χ1) is 3.12. The summed E-state index contributed by atoms with van der Waals surface area (Å²) < 4.78 is -1.60. The molecule has 0 radical (unpaired) electrons. The lowest BCUT2D eigenvalue weighted by Crippen LogP contribution is -2.19. The van der Waals surface area contributed by atoms with Crippen LogP contribution in [0.25, 0.3) is 0 Å². The zero-order valence-corrected chi connectivity index (χ0v) is 4.91. The van der Waals surface area contributed by atoms with Crippen LogP contribution in [0.1, 0.15) is 0 Å². The lowest BCUT2D eigenvalue weighted by molar-refractivity contribution is -0.109. The van der Waals surface area contributed by atoms with Crippen molar-refractivity contribution in [2.75, 3.05) is 6.61 Å². The van der Waals surface area contributed by atoms with E-state index in [4.69, 9.17) is 28.3 Å². The third kappa shape index (κ3) is 2.85. The Hall–Kier alpha value is 0.210. The van der Waals surface area contributed by atoms with Gasteiger partial charge in [0.1, 0.15) is 0 Å². The molecule has 4 heteroatoms. The normalized spacial score (nSPS) is 11.3. The topological polar surface area (TPSA) is 37.3 Å².